The average molecular weight is 579 g/mol. The number of allylic oxidation sites excluding steroid dienone is 1. The monoisotopic (exact) mass is 578 g/mol. The number of ether oxygens (including phenoxy) is 1. The van der Waals surface area contributed by atoms with E-state index in [-0.39, 0.29) is 30.3 Å². The van der Waals surface area contributed by atoms with Crippen LogP contribution in [0.3, 0.4) is 0 Å². The Morgan fingerprint density at radius 2 is 1.76 bits per heavy atom. The van der Waals surface area contributed by atoms with Crippen LogP contribution in [0.5, 0.6) is 0 Å². The Kier molecular flexibility index (Phi) is 12.2. The fraction of sp³-hybridized carbons (Fsp3) is 0.682. The van der Waals surface area contributed by atoms with E-state index in [2.05, 4.69) is 21.3 Å². The number of sulfone groups is 1. The molecule has 2 aliphatic heterocycles. The lowest BCUT2D eigenvalue weighted by Gasteiger charge is -2.27. The SMILES string of the molecule is CC(C)[C@H]1NC(=O)[C@H]2CSSCC/C=C/[C@H](CC(=O)N[C@@H](CCS(C)(=O)=O)C(=O)N2)OC(=O)CNC1=O. The minimum Gasteiger partial charge on any atom is -0.456 e. The molecule has 208 valence electrons. The van der Waals surface area contributed by atoms with E-state index in [9.17, 15) is 32.4 Å². The molecule has 1 saturated heterocycles. The normalized spacial score (nSPS) is 28.3. The second-order valence-corrected chi connectivity index (χ2v) is 14.0. The van der Waals surface area contributed by atoms with Crippen LogP contribution in [0.25, 0.3) is 0 Å². The molecule has 4 amide bonds. The quantitative estimate of drug-likeness (QED) is 0.190. The Balaban J connectivity index is 2.47. The zero-order valence-corrected chi connectivity index (χ0v) is 23.4. The molecule has 0 saturated carbocycles. The van der Waals surface area contributed by atoms with Crippen LogP contribution in [-0.4, -0.2) is 92.3 Å². The van der Waals surface area contributed by atoms with Crippen LogP contribution in [0.2, 0.25) is 0 Å². The first-order valence-corrected chi connectivity index (χ1v) is 16.4. The molecule has 0 aromatic heterocycles. The first kappa shape index (κ1) is 31.0. The van der Waals surface area contributed by atoms with Gasteiger partial charge in [0.25, 0.3) is 0 Å². The summed E-state index contributed by atoms with van der Waals surface area (Å²) in [6.07, 6.45) is 3.44. The van der Waals surface area contributed by atoms with Crippen molar-refractivity contribution in [2.24, 2.45) is 5.92 Å². The van der Waals surface area contributed by atoms with Crippen LogP contribution in [0, 0.1) is 5.92 Å². The summed E-state index contributed by atoms with van der Waals surface area (Å²) in [7, 11) is -0.641. The number of rotatable bonds is 4. The molecular formula is C22H34N4O8S3. The summed E-state index contributed by atoms with van der Waals surface area (Å²) in [6.45, 7) is 2.98. The van der Waals surface area contributed by atoms with Gasteiger partial charge in [-0.2, -0.15) is 0 Å². The predicted octanol–water partition coefficient (Wildman–Crippen LogP) is -0.695. The van der Waals surface area contributed by atoms with E-state index in [1.165, 1.54) is 21.6 Å². The van der Waals surface area contributed by atoms with Gasteiger partial charge in [-0.15, -0.1) is 0 Å². The van der Waals surface area contributed by atoms with Gasteiger partial charge >= 0.3 is 5.97 Å². The summed E-state index contributed by atoms with van der Waals surface area (Å²) in [5.41, 5.74) is 0. The summed E-state index contributed by atoms with van der Waals surface area (Å²) < 4.78 is 28.9. The van der Waals surface area contributed by atoms with Gasteiger partial charge in [-0.25, -0.2) is 8.42 Å². The third-order valence-corrected chi connectivity index (χ3v) is 8.85. The second kappa shape index (κ2) is 14.6. The molecule has 12 nitrogen and oxygen atoms in total. The Morgan fingerprint density at radius 1 is 1.03 bits per heavy atom. The maximum absolute atomic E-state index is 13.2. The third kappa shape index (κ3) is 11.3. The van der Waals surface area contributed by atoms with Crippen molar-refractivity contribution in [1.82, 2.24) is 21.3 Å². The number of esters is 1. The van der Waals surface area contributed by atoms with E-state index >= 15 is 0 Å². The molecule has 4 N–H and O–H groups in total. The van der Waals surface area contributed by atoms with Gasteiger partial charge in [0.1, 0.15) is 40.6 Å². The lowest BCUT2D eigenvalue weighted by atomic mass is 10.0. The first-order chi connectivity index (χ1) is 17.4. The predicted molar refractivity (Wildman–Crippen MR) is 141 cm³/mol. The Bertz CT molecular complexity index is 1000. The van der Waals surface area contributed by atoms with Gasteiger partial charge in [0.2, 0.25) is 23.6 Å². The van der Waals surface area contributed by atoms with Gasteiger partial charge in [-0.05, 0) is 24.8 Å². The summed E-state index contributed by atoms with van der Waals surface area (Å²) in [5.74, 6) is -3.28. The second-order valence-electron chi connectivity index (χ2n) is 9.10. The van der Waals surface area contributed by atoms with Gasteiger partial charge < -0.3 is 26.0 Å². The highest BCUT2D eigenvalue weighted by molar-refractivity contribution is 8.76. The maximum atomic E-state index is 13.2. The maximum Gasteiger partial charge on any atom is 0.326 e. The molecular weight excluding hydrogens is 544 g/mol. The van der Waals surface area contributed by atoms with Gasteiger partial charge in [0.05, 0.1) is 12.2 Å². The van der Waals surface area contributed by atoms with Crippen molar-refractivity contribution >= 4 is 61.0 Å². The fourth-order valence-corrected chi connectivity index (χ4v) is 6.27. The van der Waals surface area contributed by atoms with Crippen molar-refractivity contribution in [3.63, 3.8) is 0 Å². The van der Waals surface area contributed by atoms with E-state index in [1.54, 1.807) is 26.0 Å². The van der Waals surface area contributed by atoms with Crippen LogP contribution in [0.1, 0.15) is 33.1 Å². The summed E-state index contributed by atoms with van der Waals surface area (Å²) in [5, 5.41) is 10.2. The van der Waals surface area contributed by atoms with Crippen molar-refractivity contribution in [1.29, 1.82) is 0 Å². The van der Waals surface area contributed by atoms with E-state index in [1.807, 2.05) is 0 Å². The zero-order chi connectivity index (χ0) is 27.6. The minimum absolute atomic E-state index is 0.162. The van der Waals surface area contributed by atoms with Gasteiger partial charge in [-0.3, -0.25) is 24.0 Å². The molecule has 0 aromatic carbocycles. The zero-order valence-electron chi connectivity index (χ0n) is 21.0. The van der Waals surface area contributed by atoms with Crippen LogP contribution >= 0.6 is 21.6 Å². The standard InChI is InChI=1S/C22H34N4O8S3/c1-13(2)19-22(31)23-11-18(28)34-14-6-4-5-8-35-36-12-16(21(30)26-19)25-20(29)15(24-17(27)10-14)7-9-37(3,32)33/h4,6,13-16,19H,5,7-12H2,1-3H3,(H,23,31)(H,24,27)(H,25,29)(H,26,30)/b6-4+/t14-,15+,16-,19-/m1/s1. The molecule has 0 spiro atoms. The molecule has 1 fully saturated rings. The number of carbonyl (C=O) groups excluding carboxylic acids is 5. The number of carbonyl (C=O) groups is 5. The van der Waals surface area contributed by atoms with Crippen molar-refractivity contribution in [2.75, 3.05) is 30.1 Å². The van der Waals surface area contributed by atoms with Crippen LogP contribution < -0.4 is 21.3 Å². The summed E-state index contributed by atoms with van der Waals surface area (Å²) in [4.78, 5) is 64.3. The largest absolute Gasteiger partial charge is 0.456 e. The van der Waals surface area contributed by atoms with Crippen molar-refractivity contribution in [2.45, 2.75) is 57.3 Å². The van der Waals surface area contributed by atoms with Crippen LogP contribution in [-0.2, 0) is 38.5 Å². The number of fused-ring (bicyclic) bond motifs is 7. The van der Waals surface area contributed by atoms with E-state index in [4.69, 9.17) is 4.74 Å². The number of hydrogen-bond acceptors (Lipinski definition) is 10. The Morgan fingerprint density at radius 3 is 2.43 bits per heavy atom. The molecule has 0 aliphatic carbocycles. The average Bonchev–Trinajstić information content (AvgIpc) is 2.80. The van der Waals surface area contributed by atoms with Gasteiger partial charge in [0, 0.05) is 17.8 Å². The molecule has 15 heteroatoms. The van der Waals surface area contributed by atoms with Crippen molar-refractivity contribution in [3.8, 4) is 0 Å². The molecule has 2 bridgehead atoms. The highest BCUT2D eigenvalue weighted by Gasteiger charge is 2.32. The molecule has 0 radical (unpaired) electrons. The lowest BCUT2D eigenvalue weighted by molar-refractivity contribution is -0.148. The van der Waals surface area contributed by atoms with Gasteiger partial charge in [0.15, 0.2) is 0 Å². The molecule has 2 heterocycles. The number of hydrogen-bond donors (Lipinski definition) is 4. The van der Waals surface area contributed by atoms with Crippen molar-refractivity contribution in [3.05, 3.63) is 12.2 Å². The van der Waals surface area contributed by atoms with Crippen LogP contribution in [0.4, 0.5) is 0 Å². The molecule has 2 rings (SSSR count). The van der Waals surface area contributed by atoms with E-state index in [0.29, 0.717) is 12.2 Å². The molecule has 4 atom stereocenters. The fourth-order valence-electron chi connectivity index (χ4n) is 3.45. The Labute approximate surface area is 224 Å². The third-order valence-electron chi connectivity index (χ3n) is 5.42. The molecule has 2 aliphatic rings. The van der Waals surface area contributed by atoms with E-state index in [0.717, 1.165) is 6.26 Å². The summed E-state index contributed by atoms with van der Waals surface area (Å²) in [6, 6.07) is -3.31. The minimum atomic E-state index is -3.46. The topological polar surface area (TPSA) is 177 Å². The molecule has 0 unspecified atom stereocenters. The van der Waals surface area contributed by atoms with Gasteiger partial charge in [-0.1, -0.05) is 41.5 Å². The number of amides is 4. The van der Waals surface area contributed by atoms with Crippen LogP contribution in [0.15, 0.2) is 12.2 Å². The van der Waals surface area contributed by atoms with E-state index < -0.39 is 70.2 Å². The molecule has 0 aromatic rings. The lowest BCUT2D eigenvalue weighted by Crippen LogP contribution is -2.59. The number of nitrogens with one attached hydrogen (secondary N) is 4. The molecule has 37 heavy (non-hydrogen) atoms. The highest BCUT2D eigenvalue weighted by atomic mass is 33.1. The smallest absolute Gasteiger partial charge is 0.326 e. The summed E-state index contributed by atoms with van der Waals surface area (Å²) >= 11 is 0. The van der Waals surface area contributed by atoms with Crippen molar-refractivity contribution < 1.29 is 37.1 Å². The highest BCUT2D eigenvalue weighted by Crippen LogP contribution is 2.23. The first-order valence-electron chi connectivity index (χ1n) is 11.8. The Hall–Kier alpha value is -2.26.